The van der Waals surface area contributed by atoms with Gasteiger partial charge in [-0.2, -0.15) is 0 Å². The largest absolute Gasteiger partial charge is 0.463 e. The van der Waals surface area contributed by atoms with Gasteiger partial charge >= 0.3 is 5.97 Å². The van der Waals surface area contributed by atoms with E-state index in [1.54, 1.807) is 6.08 Å². The SMILES string of the molecule is CCCCCCC#C/C=C/C(=O)OCCCC. The van der Waals surface area contributed by atoms with Crippen LogP contribution in [0.5, 0.6) is 0 Å². The first kappa shape index (κ1) is 15.8. The lowest BCUT2D eigenvalue weighted by molar-refractivity contribution is -0.137. The highest BCUT2D eigenvalue weighted by Crippen LogP contribution is 2.00. The van der Waals surface area contributed by atoms with Gasteiger partial charge in [-0.25, -0.2) is 4.79 Å². The van der Waals surface area contributed by atoms with E-state index < -0.39 is 0 Å². The highest BCUT2D eigenvalue weighted by Gasteiger charge is 1.93. The first-order valence-electron chi connectivity index (χ1n) is 6.63. The van der Waals surface area contributed by atoms with Gasteiger partial charge in [-0.15, -0.1) is 0 Å². The summed E-state index contributed by atoms with van der Waals surface area (Å²) in [6.45, 7) is 4.76. The summed E-state index contributed by atoms with van der Waals surface area (Å²) in [4.78, 5) is 11.1. The second-order valence-electron chi connectivity index (χ2n) is 3.99. The van der Waals surface area contributed by atoms with E-state index in [-0.39, 0.29) is 5.97 Å². The summed E-state index contributed by atoms with van der Waals surface area (Å²) >= 11 is 0. The van der Waals surface area contributed by atoms with Gasteiger partial charge in [-0.05, 0) is 18.9 Å². The molecule has 0 aliphatic rings. The smallest absolute Gasteiger partial charge is 0.331 e. The van der Waals surface area contributed by atoms with Crippen molar-refractivity contribution in [1.82, 2.24) is 0 Å². The van der Waals surface area contributed by atoms with Crippen LogP contribution in [0.2, 0.25) is 0 Å². The molecule has 17 heavy (non-hydrogen) atoms. The van der Waals surface area contributed by atoms with E-state index >= 15 is 0 Å². The molecule has 0 rings (SSSR count). The number of unbranched alkanes of at least 4 members (excludes halogenated alkanes) is 5. The molecule has 0 heterocycles. The van der Waals surface area contributed by atoms with Crippen LogP contribution in [0.25, 0.3) is 0 Å². The van der Waals surface area contributed by atoms with E-state index in [1.807, 2.05) is 0 Å². The molecule has 0 saturated carbocycles. The van der Waals surface area contributed by atoms with Crippen LogP contribution in [0.4, 0.5) is 0 Å². The van der Waals surface area contributed by atoms with E-state index in [1.165, 1.54) is 25.3 Å². The van der Waals surface area contributed by atoms with Crippen LogP contribution in [-0.4, -0.2) is 12.6 Å². The van der Waals surface area contributed by atoms with Gasteiger partial charge < -0.3 is 4.74 Å². The average Bonchev–Trinajstić information content (AvgIpc) is 2.33. The summed E-state index contributed by atoms with van der Waals surface area (Å²) in [6, 6.07) is 0. The molecule has 0 bridgehead atoms. The fraction of sp³-hybridized carbons (Fsp3) is 0.667. The number of hydrogen-bond acceptors (Lipinski definition) is 2. The van der Waals surface area contributed by atoms with Crippen molar-refractivity contribution in [1.29, 1.82) is 0 Å². The molecule has 0 unspecified atom stereocenters. The topological polar surface area (TPSA) is 26.3 Å². The predicted molar refractivity (Wildman–Crippen MR) is 71.5 cm³/mol. The average molecular weight is 236 g/mol. The van der Waals surface area contributed by atoms with E-state index in [4.69, 9.17) is 4.74 Å². The summed E-state index contributed by atoms with van der Waals surface area (Å²) in [5, 5.41) is 0. The molecule has 2 nitrogen and oxygen atoms in total. The van der Waals surface area contributed by atoms with Gasteiger partial charge in [0.1, 0.15) is 0 Å². The van der Waals surface area contributed by atoms with E-state index in [0.29, 0.717) is 6.61 Å². The number of allylic oxidation sites excluding steroid dienone is 1. The van der Waals surface area contributed by atoms with Crippen molar-refractivity contribution in [2.24, 2.45) is 0 Å². The molecule has 0 aliphatic carbocycles. The Labute approximate surface area is 105 Å². The number of carbonyl (C=O) groups is 1. The number of hydrogen-bond donors (Lipinski definition) is 0. The zero-order chi connectivity index (χ0) is 12.8. The molecule has 0 N–H and O–H groups in total. The molecule has 0 aliphatic heterocycles. The molecule has 0 radical (unpaired) electrons. The Morgan fingerprint density at radius 2 is 1.88 bits per heavy atom. The maximum absolute atomic E-state index is 11.1. The summed E-state index contributed by atoms with van der Waals surface area (Å²) < 4.78 is 4.95. The van der Waals surface area contributed by atoms with Gasteiger partial charge in [0, 0.05) is 12.5 Å². The predicted octanol–water partition coefficient (Wildman–Crippen LogP) is 3.86. The maximum atomic E-state index is 11.1. The fourth-order valence-electron chi connectivity index (χ4n) is 1.25. The van der Waals surface area contributed by atoms with Crippen LogP contribution in [0.15, 0.2) is 12.2 Å². The summed E-state index contributed by atoms with van der Waals surface area (Å²) in [6.07, 6.45) is 10.8. The second-order valence-corrected chi connectivity index (χ2v) is 3.99. The molecule has 2 heteroatoms. The number of ether oxygens (including phenoxy) is 1. The van der Waals surface area contributed by atoms with E-state index in [2.05, 4.69) is 25.7 Å². The highest BCUT2D eigenvalue weighted by atomic mass is 16.5. The standard InChI is InChI=1S/C15H24O2/c1-3-5-7-8-9-10-11-12-13-15(16)17-14-6-4-2/h12-13H,3-9,14H2,1-2H3/b13-12+. The second kappa shape index (κ2) is 12.8. The molecule has 0 aromatic rings. The van der Waals surface area contributed by atoms with Crippen molar-refractivity contribution in [3.05, 3.63) is 12.2 Å². The van der Waals surface area contributed by atoms with Gasteiger partial charge in [0.25, 0.3) is 0 Å². The summed E-state index contributed by atoms with van der Waals surface area (Å²) in [5.74, 6) is 5.58. The molecule has 0 spiro atoms. The Balaban J connectivity index is 3.50. The first-order chi connectivity index (χ1) is 8.31. The van der Waals surface area contributed by atoms with Crippen molar-refractivity contribution >= 4 is 5.97 Å². The van der Waals surface area contributed by atoms with Crippen LogP contribution in [0, 0.1) is 11.8 Å². The Morgan fingerprint density at radius 1 is 1.12 bits per heavy atom. The molecule has 0 aromatic heterocycles. The lowest BCUT2D eigenvalue weighted by Crippen LogP contribution is -2.01. The zero-order valence-electron chi connectivity index (χ0n) is 11.1. The number of rotatable bonds is 8. The van der Waals surface area contributed by atoms with Crippen LogP contribution in [0.3, 0.4) is 0 Å². The monoisotopic (exact) mass is 236 g/mol. The Morgan fingerprint density at radius 3 is 2.59 bits per heavy atom. The number of esters is 1. The van der Waals surface area contributed by atoms with Crippen molar-refractivity contribution in [2.45, 2.75) is 58.8 Å². The van der Waals surface area contributed by atoms with Gasteiger partial charge in [-0.3, -0.25) is 0 Å². The van der Waals surface area contributed by atoms with E-state index in [0.717, 1.165) is 25.7 Å². The van der Waals surface area contributed by atoms with Crippen molar-refractivity contribution < 1.29 is 9.53 Å². The third-order valence-electron chi connectivity index (χ3n) is 2.30. The normalized spacial score (nSPS) is 10.0. The van der Waals surface area contributed by atoms with Crippen molar-refractivity contribution in [3.8, 4) is 11.8 Å². The molecule has 0 amide bonds. The first-order valence-corrected chi connectivity index (χ1v) is 6.63. The van der Waals surface area contributed by atoms with Crippen LogP contribution < -0.4 is 0 Å². The molecule has 96 valence electrons. The minimum Gasteiger partial charge on any atom is -0.463 e. The molecular weight excluding hydrogens is 212 g/mol. The van der Waals surface area contributed by atoms with Crippen molar-refractivity contribution in [2.75, 3.05) is 6.61 Å². The minimum absolute atomic E-state index is 0.293. The summed E-state index contributed by atoms with van der Waals surface area (Å²) in [7, 11) is 0. The highest BCUT2D eigenvalue weighted by molar-refractivity contribution is 5.82. The third kappa shape index (κ3) is 12.7. The lowest BCUT2D eigenvalue weighted by atomic mass is 10.2. The quantitative estimate of drug-likeness (QED) is 0.277. The van der Waals surface area contributed by atoms with Gasteiger partial charge in [0.2, 0.25) is 0 Å². The molecule has 0 fully saturated rings. The Bertz CT molecular complexity index is 268. The molecule has 0 aromatic carbocycles. The third-order valence-corrected chi connectivity index (χ3v) is 2.30. The van der Waals surface area contributed by atoms with Crippen molar-refractivity contribution in [3.63, 3.8) is 0 Å². The summed E-state index contributed by atoms with van der Waals surface area (Å²) in [5.41, 5.74) is 0. The van der Waals surface area contributed by atoms with Crippen LogP contribution >= 0.6 is 0 Å². The number of carbonyl (C=O) groups excluding carboxylic acids is 1. The Hall–Kier alpha value is -1.23. The lowest BCUT2D eigenvalue weighted by Gasteiger charge is -1.97. The molecular formula is C15H24O2. The van der Waals surface area contributed by atoms with E-state index in [9.17, 15) is 4.79 Å². The van der Waals surface area contributed by atoms with Crippen LogP contribution in [-0.2, 0) is 9.53 Å². The maximum Gasteiger partial charge on any atom is 0.331 e. The van der Waals surface area contributed by atoms with Gasteiger partial charge in [0.05, 0.1) is 6.61 Å². The fourth-order valence-corrected chi connectivity index (χ4v) is 1.25. The minimum atomic E-state index is -0.293. The van der Waals surface area contributed by atoms with Gasteiger partial charge in [0.15, 0.2) is 0 Å². The molecule has 0 saturated heterocycles. The molecule has 0 atom stereocenters. The van der Waals surface area contributed by atoms with Crippen LogP contribution in [0.1, 0.15) is 58.8 Å². The van der Waals surface area contributed by atoms with Gasteiger partial charge in [-0.1, -0.05) is 51.4 Å². The zero-order valence-corrected chi connectivity index (χ0v) is 11.1. The Kier molecular flexibility index (Phi) is 11.9.